The summed E-state index contributed by atoms with van der Waals surface area (Å²) in [5.74, 6) is -0.323. The summed E-state index contributed by atoms with van der Waals surface area (Å²) in [6.07, 6.45) is 1.60. The lowest BCUT2D eigenvalue weighted by Crippen LogP contribution is -2.25. The molecule has 0 bridgehead atoms. The molecule has 0 aliphatic carbocycles. The van der Waals surface area contributed by atoms with Gasteiger partial charge in [0.25, 0.3) is 5.91 Å². The number of anilines is 3. The summed E-state index contributed by atoms with van der Waals surface area (Å²) in [7, 11) is -6.78. The molecule has 8 nitrogen and oxygen atoms in total. The zero-order chi connectivity index (χ0) is 20.5. The molecule has 0 radical (unpaired) electrons. The van der Waals surface area contributed by atoms with Gasteiger partial charge in [0, 0.05) is 17.8 Å². The molecule has 150 valence electrons. The van der Waals surface area contributed by atoms with E-state index < -0.39 is 26.0 Å². The molecule has 2 N–H and O–H groups in total. The molecule has 10 heteroatoms. The highest BCUT2D eigenvalue weighted by atomic mass is 32.2. The monoisotopic (exact) mass is 423 g/mol. The second-order valence-electron chi connectivity index (χ2n) is 6.65. The van der Waals surface area contributed by atoms with Crippen molar-refractivity contribution in [3.05, 3.63) is 53.6 Å². The number of rotatable bonds is 5. The third kappa shape index (κ3) is 4.63. The molecular weight excluding hydrogens is 402 g/mol. The molecule has 1 saturated heterocycles. The van der Waals surface area contributed by atoms with E-state index in [-0.39, 0.29) is 5.75 Å². The molecule has 1 amide bonds. The maximum absolute atomic E-state index is 12.6. The molecule has 3 rings (SSSR count). The van der Waals surface area contributed by atoms with Crippen LogP contribution in [0.15, 0.2) is 42.5 Å². The molecule has 28 heavy (non-hydrogen) atoms. The Balaban J connectivity index is 1.82. The number of benzene rings is 2. The first-order chi connectivity index (χ1) is 13.0. The zero-order valence-corrected chi connectivity index (χ0v) is 17.1. The minimum atomic E-state index is -3.45. The number of carbonyl (C=O) groups is 1. The summed E-state index contributed by atoms with van der Waals surface area (Å²) < 4.78 is 50.8. The number of carbonyl (C=O) groups excluding carboxylic acids is 1. The van der Waals surface area contributed by atoms with E-state index in [4.69, 9.17) is 0 Å². The first-order valence-electron chi connectivity index (χ1n) is 8.55. The Morgan fingerprint density at radius 1 is 1.14 bits per heavy atom. The standard InChI is InChI=1S/C18H21N3O5S2/c1-13-7-8-15(12-17(13)20-27(2,23)24)19-18(22)14-5-3-6-16(11-14)21-9-4-10-28(21,25)26/h3,5-8,11-12,20H,4,9-10H2,1-2H3,(H,19,22). The van der Waals surface area contributed by atoms with Crippen molar-refractivity contribution in [3.63, 3.8) is 0 Å². The van der Waals surface area contributed by atoms with E-state index >= 15 is 0 Å². The molecule has 1 fully saturated rings. The van der Waals surface area contributed by atoms with Crippen molar-refractivity contribution in [2.45, 2.75) is 13.3 Å². The van der Waals surface area contributed by atoms with Crippen LogP contribution in [0.25, 0.3) is 0 Å². The van der Waals surface area contributed by atoms with Crippen molar-refractivity contribution in [2.75, 3.05) is 32.9 Å². The number of amides is 1. The second-order valence-corrected chi connectivity index (χ2v) is 10.4. The Morgan fingerprint density at radius 2 is 1.89 bits per heavy atom. The van der Waals surface area contributed by atoms with Gasteiger partial charge in [0.05, 0.1) is 23.4 Å². The predicted octanol–water partition coefficient (Wildman–Crippen LogP) is 2.16. The number of aryl methyl sites for hydroxylation is 1. The van der Waals surface area contributed by atoms with E-state index in [2.05, 4.69) is 10.0 Å². The summed E-state index contributed by atoms with van der Waals surface area (Å²) in [5.41, 5.74) is 2.26. The summed E-state index contributed by atoms with van der Waals surface area (Å²) in [5, 5.41) is 2.71. The average molecular weight is 424 g/mol. The fourth-order valence-electron chi connectivity index (χ4n) is 2.94. The van der Waals surface area contributed by atoms with Crippen molar-refractivity contribution < 1.29 is 21.6 Å². The third-order valence-corrected chi connectivity index (χ3v) is 6.75. The van der Waals surface area contributed by atoms with Gasteiger partial charge >= 0.3 is 0 Å². The van der Waals surface area contributed by atoms with Crippen molar-refractivity contribution in [2.24, 2.45) is 0 Å². The normalized spacial score (nSPS) is 16.0. The van der Waals surface area contributed by atoms with Crippen molar-refractivity contribution in [1.82, 2.24) is 0 Å². The number of nitrogens with one attached hydrogen (secondary N) is 2. The summed E-state index contributed by atoms with van der Waals surface area (Å²) in [6, 6.07) is 11.3. The highest BCUT2D eigenvalue weighted by Crippen LogP contribution is 2.26. The van der Waals surface area contributed by atoms with Crippen molar-refractivity contribution >= 4 is 43.0 Å². The van der Waals surface area contributed by atoms with Gasteiger partial charge in [0.2, 0.25) is 20.0 Å². The van der Waals surface area contributed by atoms with Crippen molar-refractivity contribution in [3.8, 4) is 0 Å². The lowest BCUT2D eigenvalue weighted by atomic mass is 10.1. The van der Waals surface area contributed by atoms with Gasteiger partial charge in [-0.15, -0.1) is 0 Å². The molecule has 1 aliphatic rings. The Hall–Kier alpha value is -2.59. The number of nitrogens with zero attached hydrogens (tertiary/aromatic N) is 1. The van der Waals surface area contributed by atoms with Gasteiger partial charge in [-0.25, -0.2) is 16.8 Å². The minimum absolute atomic E-state index is 0.100. The van der Waals surface area contributed by atoms with Crippen LogP contribution in [0.3, 0.4) is 0 Å². The first kappa shape index (κ1) is 20.2. The van der Waals surface area contributed by atoms with Crippen LogP contribution in [0.5, 0.6) is 0 Å². The molecule has 0 unspecified atom stereocenters. The quantitative estimate of drug-likeness (QED) is 0.765. The molecule has 2 aromatic rings. The minimum Gasteiger partial charge on any atom is -0.322 e. The van der Waals surface area contributed by atoms with Crippen LogP contribution in [-0.2, 0) is 20.0 Å². The number of sulfonamides is 2. The Labute approximate surface area is 164 Å². The van der Waals surface area contributed by atoms with E-state index in [9.17, 15) is 21.6 Å². The third-order valence-electron chi connectivity index (χ3n) is 4.29. The van der Waals surface area contributed by atoms with Gasteiger partial charge in [0.15, 0.2) is 0 Å². The van der Waals surface area contributed by atoms with Crippen LogP contribution in [0.1, 0.15) is 22.3 Å². The lowest BCUT2D eigenvalue weighted by molar-refractivity contribution is 0.102. The zero-order valence-electron chi connectivity index (χ0n) is 15.5. The van der Waals surface area contributed by atoms with Crippen LogP contribution in [0.4, 0.5) is 17.1 Å². The maximum atomic E-state index is 12.6. The smallest absolute Gasteiger partial charge is 0.255 e. The van der Waals surface area contributed by atoms with E-state index in [0.717, 1.165) is 6.26 Å². The van der Waals surface area contributed by atoms with Crippen molar-refractivity contribution in [1.29, 1.82) is 0 Å². The van der Waals surface area contributed by atoms with Crippen LogP contribution >= 0.6 is 0 Å². The molecule has 0 aromatic heterocycles. The highest BCUT2D eigenvalue weighted by Gasteiger charge is 2.28. The van der Waals surface area contributed by atoms with Gasteiger partial charge in [-0.05, 0) is 49.2 Å². The Kier molecular flexibility index (Phi) is 5.35. The maximum Gasteiger partial charge on any atom is 0.255 e. The average Bonchev–Trinajstić information content (AvgIpc) is 2.96. The molecule has 0 spiro atoms. The highest BCUT2D eigenvalue weighted by molar-refractivity contribution is 7.93. The molecular formula is C18H21N3O5S2. The van der Waals surface area contributed by atoms with Crippen LogP contribution in [0, 0.1) is 6.92 Å². The molecule has 2 aromatic carbocycles. The molecule has 0 saturated carbocycles. The van der Waals surface area contributed by atoms with E-state index in [1.807, 2.05) is 0 Å². The Bertz CT molecular complexity index is 1130. The van der Waals surface area contributed by atoms with Crippen LogP contribution < -0.4 is 14.3 Å². The summed E-state index contributed by atoms with van der Waals surface area (Å²) >= 11 is 0. The fourth-order valence-corrected chi connectivity index (χ4v) is 5.12. The van der Waals surface area contributed by atoms with E-state index in [1.165, 1.54) is 16.4 Å². The lowest BCUT2D eigenvalue weighted by Gasteiger charge is -2.17. The molecule has 1 heterocycles. The SMILES string of the molecule is Cc1ccc(NC(=O)c2cccc(N3CCCS3(=O)=O)c2)cc1NS(C)(=O)=O. The molecule has 0 atom stereocenters. The van der Waals surface area contributed by atoms with Gasteiger partial charge in [-0.1, -0.05) is 12.1 Å². The van der Waals surface area contributed by atoms with E-state index in [1.54, 1.807) is 37.3 Å². The first-order valence-corrected chi connectivity index (χ1v) is 12.1. The Morgan fingerprint density at radius 3 is 2.54 bits per heavy atom. The topological polar surface area (TPSA) is 113 Å². The van der Waals surface area contributed by atoms with E-state index in [0.29, 0.717) is 41.2 Å². The van der Waals surface area contributed by atoms with Gasteiger partial charge in [-0.3, -0.25) is 13.8 Å². The predicted molar refractivity (Wildman–Crippen MR) is 110 cm³/mol. The fraction of sp³-hybridized carbons (Fsp3) is 0.278. The van der Waals surface area contributed by atoms with Gasteiger partial charge < -0.3 is 5.32 Å². The largest absolute Gasteiger partial charge is 0.322 e. The second kappa shape index (κ2) is 7.44. The van der Waals surface area contributed by atoms with Crippen LogP contribution in [-0.4, -0.2) is 41.3 Å². The van der Waals surface area contributed by atoms with Crippen LogP contribution in [0.2, 0.25) is 0 Å². The van der Waals surface area contributed by atoms with Gasteiger partial charge in [0.1, 0.15) is 0 Å². The van der Waals surface area contributed by atoms with Gasteiger partial charge in [-0.2, -0.15) is 0 Å². The summed E-state index contributed by atoms with van der Waals surface area (Å²) in [6.45, 7) is 2.14. The number of hydrogen-bond donors (Lipinski definition) is 2. The molecule has 1 aliphatic heterocycles. The summed E-state index contributed by atoms with van der Waals surface area (Å²) in [4.78, 5) is 12.6. The number of hydrogen-bond acceptors (Lipinski definition) is 5.